The molecule has 0 rings (SSSR count). The summed E-state index contributed by atoms with van der Waals surface area (Å²) in [5.41, 5.74) is 0. The molecule has 0 aromatic rings. The summed E-state index contributed by atoms with van der Waals surface area (Å²) >= 11 is 0. The summed E-state index contributed by atoms with van der Waals surface area (Å²) in [7, 11) is -8.66. The zero-order valence-corrected chi connectivity index (χ0v) is 15.3. The van der Waals surface area contributed by atoms with Crippen LogP contribution in [0, 0.1) is 0 Å². The first kappa shape index (κ1) is 22.3. The summed E-state index contributed by atoms with van der Waals surface area (Å²) in [6, 6.07) is 0. The van der Waals surface area contributed by atoms with Gasteiger partial charge in [-0.05, 0) is 6.42 Å². The van der Waals surface area contributed by atoms with Gasteiger partial charge in [0, 0.05) is 6.42 Å². The van der Waals surface area contributed by atoms with Gasteiger partial charge in [-0.25, -0.2) is 0 Å². The van der Waals surface area contributed by atoms with Crippen LogP contribution in [0.1, 0.15) is 71.1 Å². The highest BCUT2D eigenvalue weighted by atomic mass is 32.2. The van der Waals surface area contributed by atoms with E-state index in [2.05, 4.69) is 11.1 Å². The van der Waals surface area contributed by atoms with Crippen molar-refractivity contribution in [2.24, 2.45) is 0 Å². The molecule has 138 valence electrons. The van der Waals surface area contributed by atoms with Crippen molar-refractivity contribution in [3.05, 3.63) is 0 Å². The molecule has 0 unspecified atom stereocenters. The first-order valence-corrected chi connectivity index (χ1v) is 11.2. The van der Waals surface area contributed by atoms with Gasteiger partial charge in [0.25, 0.3) is 10.1 Å². The van der Waals surface area contributed by atoms with Crippen molar-refractivity contribution < 1.29 is 30.4 Å². The van der Waals surface area contributed by atoms with Gasteiger partial charge in [-0.1, -0.05) is 58.3 Å². The Morgan fingerprint density at radius 2 is 1.30 bits per heavy atom. The van der Waals surface area contributed by atoms with E-state index in [1.165, 1.54) is 32.1 Å². The Morgan fingerprint density at radius 3 is 1.78 bits per heavy atom. The molecule has 7 nitrogen and oxygen atoms in total. The molecule has 0 atom stereocenters. The smallest absolute Gasteiger partial charge is 0.322 e. The van der Waals surface area contributed by atoms with E-state index in [-0.39, 0.29) is 6.42 Å². The zero-order chi connectivity index (χ0) is 17.8. The van der Waals surface area contributed by atoms with E-state index in [1.807, 2.05) is 0 Å². The van der Waals surface area contributed by atoms with E-state index in [9.17, 15) is 21.6 Å². The van der Waals surface area contributed by atoms with Gasteiger partial charge in [0.1, 0.15) is 5.75 Å². The molecule has 0 aliphatic rings. The van der Waals surface area contributed by atoms with Crippen LogP contribution >= 0.6 is 0 Å². The monoisotopic (exact) mass is 372 g/mol. The van der Waals surface area contributed by atoms with Crippen molar-refractivity contribution >= 4 is 26.2 Å². The average Bonchev–Trinajstić information content (AvgIpc) is 2.42. The van der Waals surface area contributed by atoms with Crippen LogP contribution in [0.5, 0.6) is 0 Å². The quantitative estimate of drug-likeness (QED) is 0.283. The molecule has 0 saturated carbocycles. The third-order valence-electron chi connectivity index (χ3n) is 3.30. The average molecular weight is 373 g/mol. The van der Waals surface area contributed by atoms with Crippen LogP contribution in [0.25, 0.3) is 0 Å². The second-order valence-electron chi connectivity index (χ2n) is 5.58. The standard InChI is InChI=1S/C14H28O7S2/c1-2-3-4-5-6-7-8-9-10-11-14(15)21-23(19,20)13-12-22(16,17)18/h2-13H2,1H3,(H,16,17,18). The Hall–Kier alpha value is -0.670. The first-order valence-electron chi connectivity index (χ1n) is 8.06. The molecule has 0 amide bonds. The van der Waals surface area contributed by atoms with Crippen molar-refractivity contribution in [1.29, 1.82) is 0 Å². The molecule has 0 radical (unpaired) electrons. The van der Waals surface area contributed by atoms with E-state index >= 15 is 0 Å². The molecule has 0 heterocycles. The van der Waals surface area contributed by atoms with Crippen LogP contribution in [-0.2, 0) is 29.2 Å². The molecule has 0 bridgehead atoms. The van der Waals surface area contributed by atoms with Crippen LogP contribution in [0.4, 0.5) is 0 Å². The second-order valence-corrected chi connectivity index (χ2v) is 8.84. The molecular weight excluding hydrogens is 344 g/mol. The molecule has 0 aliphatic heterocycles. The van der Waals surface area contributed by atoms with Gasteiger partial charge < -0.3 is 4.18 Å². The third kappa shape index (κ3) is 16.0. The van der Waals surface area contributed by atoms with Gasteiger partial charge in [-0.15, -0.1) is 0 Å². The topological polar surface area (TPSA) is 115 Å². The minimum atomic E-state index is -4.40. The lowest BCUT2D eigenvalue weighted by Crippen LogP contribution is -2.21. The van der Waals surface area contributed by atoms with E-state index in [0.29, 0.717) is 6.42 Å². The minimum Gasteiger partial charge on any atom is -0.346 e. The molecular formula is C14H28O7S2. The predicted octanol–water partition coefficient (Wildman–Crippen LogP) is 2.67. The third-order valence-corrected chi connectivity index (χ3v) is 5.42. The fourth-order valence-corrected chi connectivity index (χ4v) is 4.12. The molecule has 0 aromatic carbocycles. The largest absolute Gasteiger partial charge is 0.346 e. The maximum atomic E-state index is 11.4. The van der Waals surface area contributed by atoms with E-state index in [1.54, 1.807) is 0 Å². The molecule has 0 aromatic heterocycles. The van der Waals surface area contributed by atoms with E-state index in [0.717, 1.165) is 19.3 Å². The van der Waals surface area contributed by atoms with Crippen molar-refractivity contribution in [1.82, 2.24) is 0 Å². The lowest BCUT2D eigenvalue weighted by atomic mass is 10.1. The Balaban J connectivity index is 3.70. The summed E-state index contributed by atoms with van der Waals surface area (Å²) in [5.74, 6) is -2.81. The summed E-state index contributed by atoms with van der Waals surface area (Å²) < 4.78 is 56.3. The molecule has 0 spiro atoms. The summed E-state index contributed by atoms with van der Waals surface area (Å²) in [6.45, 7) is 2.17. The summed E-state index contributed by atoms with van der Waals surface area (Å²) in [6.07, 6.45) is 9.59. The molecule has 1 N–H and O–H groups in total. The summed E-state index contributed by atoms with van der Waals surface area (Å²) in [4.78, 5) is 11.4. The van der Waals surface area contributed by atoms with Crippen molar-refractivity contribution in [2.75, 3.05) is 11.5 Å². The first-order chi connectivity index (χ1) is 10.7. The highest BCUT2D eigenvalue weighted by Crippen LogP contribution is 2.11. The van der Waals surface area contributed by atoms with E-state index < -0.39 is 37.7 Å². The van der Waals surface area contributed by atoms with Crippen LogP contribution in [0.3, 0.4) is 0 Å². The zero-order valence-electron chi connectivity index (χ0n) is 13.7. The normalized spacial score (nSPS) is 12.3. The maximum Gasteiger partial charge on any atom is 0.322 e. The van der Waals surface area contributed by atoms with Crippen LogP contribution in [0.2, 0.25) is 0 Å². The van der Waals surface area contributed by atoms with Gasteiger partial charge >= 0.3 is 16.1 Å². The number of hydrogen-bond acceptors (Lipinski definition) is 6. The van der Waals surface area contributed by atoms with Crippen LogP contribution in [0.15, 0.2) is 0 Å². The SMILES string of the molecule is CCCCCCCCCCCC(=O)OS(=O)(=O)CCS(=O)(=O)O. The number of unbranched alkanes of at least 4 members (excludes halogenated alkanes) is 8. The minimum absolute atomic E-state index is 0.0130. The van der Waals surface area contributed by atoms with Gasteiger partial charge in [-0.2, -0.15) is 16.8 Å². The fraction of sp³-hybridized carbons (Fsp3) is 0.929. The molecule has 0 saturated heterocycles. The van der Waals surface area contributed by atoms with E-state index in [4.69, 9.17) is 4.55 Å². The Kier molecular flexibility index (Phi) is 11.5. The van der Waals surface area contributed by atoms with Crippen molar-refractivity contribution in [2.45, 2.75) is 71.1 Å². The maximum absolute atomic E-state index is 11.4. The number of carbonyl (C=O) groups is 1. The lowest BCUT2D eigenvalue weighted by molar-refractivity contribution is -0.133. The predicted molar refractivity (Wildman–Crippen MR) is 88.1 cm³/mol. The van der Waals surface area contributed by atoms with Gasteiger partial charge in [-0.3, -0.25) is 9.35 Å². The van der Waals surface area contributed by atoms with Crippen molar-refractivity contribution in [3.63, 3.8) is 0 Å². The van der Waals surface area contributed by atoms with Crippen LogP contribution < -0.4 is 0 Å². The second kappa shape index (κ2) is 11.8. The van der Waals surface area contributed by atoms with Crippen LogP contribution in [-0.4, -0.2) is 38.9 Å². The number of carbonyl (C=O) groups excluding carboxylic acids is 1. The Labute approximate surface area is 139 Å². The molecule has 9 heteroatoms. The highest BCUT2D eigenvalue weighted by Gasteiger charge is 2.20. The number of rotatable bonds is 14. The highest BCUT2D eigenvalue weighted by molar-refractivity contribution is 7.90. The Bertz CT molecular complexity index is 523. The van der Waals surface area contributed by atoms with Gasteiger partial charge in [0.2, 0.25) is 0 Å². The van der Waals surface area contributed by atoms with Gasteiger partial charge in [0.05, 0.1) is 5.75 Å². The lowest BCUT2D eigenvalue weighted by Gasteiger charge is -2.05. The number of hydrogen-bond donors (Lipinski definition) is 1. The molecule has 23 heavy (non-hydrogen) atoms. The Morgan fingerprint density at radius 1 is 0.826 bits per heavy atom. The molecule has 0 fully saturated rings. The fourth-order valence-electron chi connectivity index (χ4n) is 2.01. The summed E-state index contributed by atoms with van der Waals surface area (Å²) in [5, 5.41) is 0. The van der Waals surface area contributed by atoms with Gasteiger partial charge in [0.15, 0.2) is 0 Å². The van der Waals surface area contributed by atoms with Crippen molar-refractivity contribution in [3.8, 4) is 0 Å². The molecule has 0 aliphatic carbocycles.